The molecule has 0 radical (unpaired) electrons. The molecule has 0 aliphatic heterocycles. The number of hydrogen-bond acceptors (Lipinski definition) is 4. The number of hydrogen-bond donors (Lipinski definition) is 1. The molecule has 1 aromatic heterocycles. The van der Waals surface area contributed by atoms with Crippen molar-refractivity contribution in [1.29, 1.82) is 0 Å². The monoisotopic (exact) mass is 324 g/mol. The van der Waals surface area contributed by atoms with Gasteiger partial charge in [0.25, 0.3) is 5.91 Å². The van der Waals surface area contributed by atoms with Crippen molar-refractivity contribution in [1.82, 2.24) is 15.3 Å². The Kier molecular flexibility index (Phi) is 5.08. The van der Waals surface area contributed by atoms with Gasteiger partial charge < -0.3 is 10.2 Å². The lowest BCUT2D eigenvalue weighted by Crippen LogP contribution is -2.33. The van der Waals surface area contributed by atoms with E-state index in [1.807, 2.05) is 37.1 Å². The highest BCUT2D eigenvalue weighted by Crippen LogP contribution is 2.19. The van der Waals surface area contributed by atoms with Crippen LogP contribution < -0.4 is 10.2 Å². The second-order valence-corrected chi connectivity index (χ2v) is 6.46. The van der Waals surface area contributed by atoms with Crippen LogP contribution in [0.3, 0.4) is 0 Å². The molecule has 0 spiro atoms. The molecule has 5 heteroatoms. The summed E-state index contributed by atoms with van der Waals surface area (Å²) < 4.78 is 0. The molecular formula is C19H24N4O. The van der Waals surface area contributed by atoms with E-state index >= 15 is 0 Å². The molecule has 1 heterocycles. The number of nitrogens with one attached hydrogen (secondary N) is 1. The summed E-state index contributed by atoms with van der Waals surface area (Å²) in [4.78, 5) is 23.3. The number of nitrogens with zero attached hydrogens (tertiary/aromatic N) is 3. The molecule has 126 valence electrons. The topological polar surface area (TPSA) is 58.1 Å². The van der Waals surface area contributed by atoms with Crippen molar-refractivity contribution in [3.8, 4) is 0 Å². The van der Waals surface area contributed by atoms with Crippen molar-refractivity contribution in [2.75, 3.05) is 11.9 Å². The Morgan fingerprint density at radius 1 is 1.21 bits per heavy atom. The number of carbonyl (C=O) groups is 1. The van der Waals surface area contributed by atoms with Crippen LogP contribution in [0.2, 0.25) is 0 Å². The smallest absolute Gasteiger partial charge is 0.270 e. The normalized spacial score (nSPS) is 14.6. The third kappa shape index (κ3) is 4.10. The number of anilines is 1. The number of carbonyl (C=O) groups excluding carboxylic acids is 1. The maximum absolute atomic E-state index is 12.5. The molecule has 1 saturated carbocycles. The van der Waals surface area contributed by atoms with Crippen LogP contribution in [0.1, 0.15) is 47.6 Å². The molecule has 0 bridgehead atoms. The van der Waals surface area contributed by atoms with E-state index in [1.54, 1.807) is 6.07 Å². The van der Waals surface area contributed by atoms with Crippen LogP contribution in [0.15, 0.2) is 36.4 Å². The number of aromatic nitrogens is 2. The predicted molar refractivity (Wildman–Crippen MR) is 95.0 cm³/mol. The molecule has 0 unspecified atom stereocenters. The fraction of sp³-hybridized carbons (Fsp3) is 0.421. The molecule has 5 nitrogen and oxygen atoms in total. The van der Waals surface area contributed by atoms with Gasteiger partial charge in [0.15, 0.2) is 0 Å². The van der Waals surface area contributed by atoms with Crippen molar-refractivity contribution >= 4 is 11.7 Å². The SMILES string of the molecule is Cc1nc(C(=O)NC2CCCC2)cc(N(C)Cc2ccccc2)n1. The van der Waals surface area contributed by atoms with Gasteiger partial charge in [0.05, 0.1) is 0 Å². The standard InChI is InChI=1S/C19H24N4O/c1-14-20-17(19(24)22-16-10-6-7-11-16)12-18(21-14)23(2)13-15-8-4-3-5-9-15/h3-5,8-9,12,16H,6-7,10-11,13H2,1-2H3,(H,22,24). The van der Waals surface area contributed by atoms with Crippen molar-refractivity contribution in [3.63, 3.8) is 0 Å². The average molecular weight is 324 g/mol. The van der Waals surface area contributed by atoms with Gasteiger partial charge in [-0.3, -0.25) is 4.79 Å². The summed E-state index contributed by atoms with van der Waals surface area (Å²) in [6.45, 7) is 2.56. The Bertz CT molecular complexity index is 696. The number of rotatable bonds is 5. The largest absolute Gasteiger partial charge is 0.355 e. The Labute approximate surface area is 143 Å². The van der Waals surface area contributed by atoms with Gasteiger partial charge in [-0.05, 0) is 25.3 Å². The van der Waals surface area contributed by atoms with Gasteiger partial charge >= 0.3 is 0 Å². The van der Waals surface area contributed by atoms with E-state index in [2.05, 4.69) is 27.4 Å². The van der Waals surface area contributed by atoms with E-state index in [1.165, 1.54) is 18.4 Å². The lowest BCUT2D eigenvalue weighted by Gasteiger charge is -2.19. The highest BCUT2D eigenvalue weighted by atomic mass is 16.1. The minimum Gasteiger partial charge on any atom is -0.355 e. The lowest BCUT2D eigenvalue weighted by molar-refractivity contribution is 0.0932. The highest BCUT2D eigenvalue weighted by molar-refractivity contribution is 5.93. The minimum absolute atomic E-state index is 0.0956. The molecule has 1 aliphatic rings. The third-order valence-corrected chi connectivity index (χ3v) is 4.40. The number of aryl methyl sites for hydroxylation is 1. The summed E-state index contributed by atoms with van der Waals surface area (Å²) >= 11 is 0. The molecule has 1 aliphatic carbocycles. The second-order valence-electron chi connectivity index (χ2n) is 6.46. The van der Waals surface area contributed by atoms with Crippen LogP contribution in [0.4, 0.5) is 5.82 Å². The summed E-state index contributed by atoms with van der Waals surface area (Å²) in [5, 5.41) is 3.09. The van der Waals surface area contributed by atoms with Crippen molar-refractivity contribution in [3.05, 3.63) is 53.5 Å². The summed E-state index contributed by atoms with van der Waals surface area (Å²) in [6.07, 6.45) is 4.52. The molecule has 0 atom stereocenters. The van der Waals surface area contributed by atoms with Gasteiger partial charge in [-0.2, -0.15) is 0 Å². The van der Waals surface area contributed by atoms with Crippen LogP contribution in [-0.4, -0.2) is 29.0 Å². The maximum Gasteiger partial charge on any atom is 0.270 e. The average Bonchev–Trinajstić information content (AvgIpc) is 3.08. The van der Waals surface area contributed by atoms with Gasteiger partial charge in [0.1, 0.15) is 17.3 Å². The van der Waals surface area contributed by atoms with E-state index in [9.17, 15) is 4.79 Å². The zero-order valence-corrected chi connectivity index (χ0v) is 14.3. The summed E-state index contributed by atoms with van der Waals surface area (Å²) in [5.41, 5.74) is 1.65. The fourth-order valence-electron chi connectivity index (χ4n) is 3.13. The van der Waals surface area contributed by atoms with Gasteiger partial charge in [-0.1, -0.05) is 43.2 Å². The van der Waals surface area contributed by atoms with Crippen LogP contribution in [0, 0.1) is 6.92 Å². The molecule has 1 amide bonds. The predicted octanol–water partition coefficient (Wildman–Crippen LogP) is 3.09. The van der Waals surface area contributed by atoms with Gasteiger partial charge in [-0.15, -0.1) is 0 Å². The Balaban J connectivity index is 1.74. The first kappa shape index (κ1) is 16.4. The Hall–Kier alpha value is -2.43. The van der Waals surface area contributed by atoms with E-state index < -0.39 is 0 Å². The van der Waals surface area contributed by atoms with E-state index in [-0.39, 0.29) is 5.91 Å². The Morgan fingerprint density at radius 2 is 1.92 bits per heavy atom. The fourth-order valence-corrected chi connectivity index (χ4v) is 3.13. The molecule has 24 heavy (non-hydrogen) atoms. The summed E-state index contributed by atoms with van der Waals surface area (Å²) in [5.74, 6) is 1.29. The number of amides is 1. The molecule has 1 N–H and O–H groups in total. The third-order valence-electron chi connectivity index (χ3n) is 4.40. The van der Waals surface area contributed by atoms with Crippen LogP contribution in [0.25, 0.3) is 0 Å². The van der Waals surface area contributed by atoms with Gasteiger partial charge in [-0.25, -0.2) is 9.97 Å². The maximum atomic E-state index is 12.5. The quantitative estimate of drug-likeness (QED) is 0.918. The van der Waals surface area contributed by atoms with Crippen molar-refractivity contribution in [2.24, 2.45) is 0 Å². The van der Waals surface area contributed by atoms with Gasteiger partial charge in [0, 0.05) is 25.7 Å². The van der Waals surface area contributed by atoms with E-state index in [4.69, 9.17) is 0 Å². The molecular weight excluding hydrogens is 300 g/mol. The summed E-state index contributed by atoms with van der Waals surface area (Å²) in [6, 6.07) is 12.3. The van der Waals surface area contributed by atoms with Crippen molar-refractivity contribution < 1.29 is 4.79 Å². The molecule has 0 saturated heterocycles. The zero-order chi connectivity index (χ0) is 16.9. The number of benzene rings is 1. The van der Waals surface area contributed by atoms with Crippen LogP contribution in [-0.2, 0) is 6.54 Å². The second kappa shape index (κ2) is 7.43. The first-order valence-corrected chi connectivity index (χ1v) is 8.53. The van der Waals surface area contributed by atoms with E-state index in [0.29, 0.717) is 17.6 Å². The Morgan fingerprint density at radius 3 is 2.62 bits per heavy atom. The van der Waals surface area contributed by atoms with Gasteiger partial charge in [0.2, 0.25) is 0 Å². The first-order chi connectivity index (χ1) is 11.6. The zero-order valence-electron chi connectivity index (χ0n) is 14.3. The molecule has 1 fully saturated rings. The highest BCUT2D eigenvalue weighted by Gasteiger charge is 2.20. The molecule has 1 aromatic carbocycles. The van der Waals surface area contributed by atoms with Crippen LogP contribution in [0.5, 0.6) is 0 Å². The lowest BCUT2D eigenvalue weighted by atomic mass is 10.2. The minimum atomic E-state index is -0.0956. The molecule has 2 aromatic rings. The van der Waals surface area contributed by atoms with Crippen molar-refractivity contribution in [2.45, 2.75) is 45.2 Å². The summed E-state index contributed by atoms with van der Waals surface area (Å²) in [7, 11) is 1.98. The van der Waals surface area contributed by atoms with E-state index in [0.717, 1.165) is 25.2 Å². The first-order valence-electron chi connectivity index (χ1n) is 8.53. The van der Waals surface area contributed by atoms with Crippen LogP contribution >= 0.6 is 0 Å². The molecule has 3 rings (SSSR count).